The van der Waals surface area contributed by atoms with Gasteiger partial charge < -0.3 is 10.1 Å². The molecule has 12 heavy (non-hydrogen) atoms. The maximum absolute atomic E-state index is 5.52. The topological polar surface area (TPSA) is 21.3 Å². The number of ether oxygens (including phenoxy) is 1. The van der Waals surface area contributed by atoms with Crippen molar-refractivity contribution in [2.45, 2.75) is 31.7 Å². The van der Waals surface area contributed by atoms with Crippen LogP contribution in [0.1, 0.15) is 25.7 Å². The first-order valence-corrected chi connectivity index (χ1v) is 5.23. The Morgan fingerprint density at radius 2 is 2.42 bits per heavy atom. The van der Waals surface area contributed by atoms with E-state index in [0.29, 0.717) is 11.5 Å². The van der Waals surface area contributed by atoms with Crippen molar-refractivity contribution in [3.63, 3.8) is 0 Å². The summed E-state index contributed by atoms with van der Waals surface area (Å²) in [6, 6.07) is 0.693. The van der Waals surface area contributed by atoms with Crippen LogP contribution in [0.4, 0.5) is 0 Å². The molecule has 68 valence electrons. The van der Waals surface area contributed by atoms with Crippen molar-refractivity contribution in [2.24, 2.45) is 11.3 Å². The van der Waals surface area contributed by atoms with Crippen molar-refractivity contribution in [1.82, 2.24) is 5.32 Å². The molecule has 2 aliphatic carbocycles. The summed E-state index contributed by atoms with van der Waals surface area (Å²) in [5.41, 5.74) is 0.695. The third kappa shape index (κ3) is 0.882. The van der Waals surface area contributed by atoms with Crippen molar-refractivity contribution in [2.75, 3.05) is 19.8 Å². The number of hydrogen-bond acceptors (Lipinski definition) is 2. The van der Waals surface area contributed by atoms with E-state index >= 15 is 0 Å². The second kappa shape index (κ2) is 2.46. The van der Waals surface area contributed by atoms with Crippen molar-refractivity contribution in [1.29, 1.82) is 0 Å². The molecule has 1 N–H and O–H groups in total. The maximum Gasteiger partial charge on any atom is 0.0625 e. The molecule has 2 heteroatoms. The summed E-state index contributed by atoms with van der Waals surface area (Å²) in [5, 5.41) is 3.62. The Hall–Kier alpha value is -0.0800. The Morgan fingerprint density at radius 3 is 3.00 bits per heavy atom. The Balaban J connectivity index is 1.71. The zero-order chi connectivity index (χ0) is 8.02. The van der Waals surface area contributed by atoms with Crippen LogP contribution in [0.3, 0.4) is 0 Å². The van der Waals surface area contributed by atoms with Crippen molar-refractivity contribution in [3.05, 3.63) is 0 Å². The van der Waals surface area contributed by atoms with Gasteiger partial charge >= 0.3 is 0 Å². The van der Waals surface area contributed by atoms with Crippen LogP contribution in [-0.2, 0) is 4.74 Å². The van der Waals surface area contributed by atoms with E-state index in [1.165, 1.54) is 25.7 Å². The van der Waals surface area contributed by atoms with Crippen LogP contribution < -0.4 is 5.32 Å². The minimum absolute atomic E-state index is 0.693. The first kappa shape index (κ1) is 7.34. The number of nitrogens with one attached hydrogen (secondary N) is 1. The molecule has 2 saturated carbocycles. The van der Waals surface area contributed by atoms with E-state index in [1.807, 2.05) is 0 Å². The van der Waals surface area contributed by atoms with E-state index in [1.54, 1.807) is 0 Å². The highest BCUT2D eigenvalue weighted by molar-refractivity contribution is 5.12. The predicted octanol–water partition coefficient (Wildman–Crippen LogP) is 1.17. The fourth-order valence-electron chi connectivity index (χ4n) is 3.31. The van der Waals surface area contributed by atoms with Crippen LogP contribution in [-0.4, -0.2) is 25.8 Å². The molecule has 0 bridgehead atoms. The van der Waals surface area contributed by atoms with E-state index in [2.05, 4.69) is 5.32 Å². The van der Waals surface area contributed by atoms with Crippen LogP contribution in [0.25, 0.3) is 0 Å². The van der Waals surface area contributed by atoms with Gasteiger partial charge in [0.15, 0.2) is 0 Å². The van der Waals surface area contributed by atoms with Crippen molar-refractivity contribution < 1.29 is 4.74 Å². The zero-order valence-corrected chi connectivity index (χ0v) is 7.51. The molecule has 0 aromatic heterocycles. The molecule has 0 amide bonds. The summed E-state index contributed by atoms with van der Waals surface area (Å²) in [7, 11) is 0. The molecule has 1 aliphatic heterocycles. The van der Waals surface area contributed by atoms with E-state index in [0.717, 1.165) is 25.7 Å². The fourth-order valence-corrected chi connectivity index (χ4v) is 3.31. The van der Waals surface area contributed by atoms with Crippen LogP contribution >= 0.6 is 0 Å². The minimum atomic E-state index is 0.693. The van der Waals surface area contributed by atoms with Gasteiger partial charge in [0.1, 0.15) is 0 Å². The molecule has 0 radical (unpaired) electrons. The first-order chi connectivity index (χ1) is 5.92. The standard InChI is InChI=1S/C10H17NO/c1-2-8-6-10(8,3-1)9-7-12-5-4-11-9/h8-9,11H,1-7H2. The molecule has 1 heterocycles. The van der Waals surface area contributed by atoms with E-state index < -0.39 is 0 Å². The highest BCUT2D eigenvalue weighted by Crippen LogP contribution is 2.65. The van der Waals surface area contributed by atoms with E-state index in [9.17, 15) is 0 Å². The molecule has 0 aromatic carbocycles. The lowest BCUT2D eigenvalue weighted by Crippen LogP contribution is -2.47. The van der Waals surface area contributed by atoms with Gasteiger partial charge in [-0.1, -0.05) is 6.42 Å². The normalized spacial score (nSPS) is 52.0. The first-order valence-electron chi connectivity index (χ1n) is 5.23. The lowest BCUT2D eigenvalue weighted by Gasteiger charge is -2.30. The summed E-state index contributed by atoms with van der Waals surface area (Å²) < 4.78 is 5.52. The lowest BCUT2D eigenvalue weighted by atomic mass is 9.93. The Morgan fingerprint density at radius 1 is 1.42 bits per heavy atom. The van der Waals surface area contributed by atoms with Crippen LogP contribution in [0, 0.1) is 11.3 Å². The fraction of sp³-hybridized carbons (Fsp3) is 1.00. The zero-order valence-electron chi connectivity index (χ0n) is 7.51. The summed E-state index contributed by atoms with van der Waals surface area (Å²) >= 11 is 0. The lowest BCUT2D eigenvalue weighted by molar-refractivity contribution is 0.0492. The summed E-state index contributed by atoms with van der Waals surface area (Å²) in [5.74, 6) is 1.05. The molecule has 3 atom stereocenters. The van der Waals surface area contributed by atoms with Gasteiger partial charge in [0.2, 0.25) is 0 Å². The average Bonchev–Trinajstić information content (AvgIpc) is 2.72. The highest BCUT2D eigenvalue weighted by Gasteiger charge is 2.60. The van der Waals surface area contributed by atoms with E-state index in [4.69, 9.17) is 4.74 Å². The van der Waals surface area contributed by atoms with Crippen LogP contribution in [0.2, 0.25) is 0 Å². The SMILES string of the molecule is C1CC2CC2(C2COCCN2)C1. The molecular formula is C10H17NO. The molecule has 0 spiro atoms. The van der Waals surface area contributed by atoms with Gasteiger partial charge in [-0.2, -0.15) is 0 Å². The second-order valence-corrected chi connectivity index (χ2v) is 4.61. The van der Waals surface area contributed by atoms with Gasteiger partial charge in [-0.25, -0.2) is 0 Å². The van der Waals surface area contributed by atoms with Gasteiger partial charge in [0, 0.05) is 12.6 Å². The van der Waals surface area contributed by atoms with Gasteiger partial charge in [0.05, 0.1) is 13.2 Å². The van der Waals surface area contributed by atoms with Crippen molar-refractivity contribution >= 4 is 0 Å². The minimum Gasteiger partial charge on any atom is -0.378 e. The third-order valence-electron chi connectivity index (χ3n) is 4.09. The number of fused-ring (bicyclic) bond motifs is 1. The molecule has 3 unspecified atom stereocenters. The van der Waals surface area contributed by atoms with Gasteiger partial charge in [-0.05, 0) is 30.6 Å². The molecule has 3 rings (SSSR count). The quantitative estimate of drug-likeness (QED) is 0.633. The largest absolute Gasteiger partial charge is 0.378 e. The van der Waals surface area contributed by atoms with Gasteiger partial charge in [-0.15, -0.1) is 0 Å². The second-order valence-electron chi connectivity index (χ2n) is 4.61. The summed E-state index contributed by atoms with van der Waals surface area (Å²) in [4.78, 5) is 0. The molecule has 3 fully saturated rings. The number of rotatable bonds is 1. The molecule has 2 nitrogen and oxygen atoms in total. The van der Waals surface area contributed by atoms with Gasteiger partial charge in [0.25, 0.3) is 0 Å². The summed E-state index contributed by atoms with van der Waals surface area (Å²) in [6.07, 6.45) is 5.88. The Kier molecular flexibility index (Phi) is 1.50. The third-order valence-corrected chi connectivity index (χ3v) is 4.09. The smallest absolute Gasteiger partial charge is 0.0625 e. The van der Waals surface area contributed by atoms with Crippen LogP contribution in [0.5, 0.6) is 0 Å². The van der Waals surface area contributed by atoms with E-state index in [-0.39, 0.29) is 0 Å². The highest BCUT2D eigenvalue weighted by atomic mass is 16.5. The monoisotopic (exact) mass is 167 g/mol. The maximum atomic E-state index is 5.52. The Labute approximate surface area is 73.7 Å². The molecule has 0 aromatic rings. The molecule has 3 aliphatic rings. The molecule has 1 saturated heterocycles. The molecular weight excluding hydrogens is 150 g/mol. The Bertz CT molecular complexity index is 188. The number of morpholine rings is 1. The van der Waals surface area contributed by atoms with Crippen molar-refractivity contribution in [3.8, 4) is 0 Å². The predicted molar refractivity (Wildman–Crippen MR) is 47.0 cm³/mol. The summed E-state index contributed by atoms with van der Waals surface area (Å²) in [6.45, 7) is 2.95. The number of hydrogen-bond donors (Lipinski definition) is 1. The van der Waals surface area contributed by atoms with Crippen LogP contribution in [0.15, 0.2) is 0 Å². The average molecular weight is 167 g/mol. The van der Waals surface area contributed by atoms with Gasteiger partial charge in [-0.3, -0.25) is 0 Å².